The Morgan fingerprint density at radius 3 is 2.63 bits per heavy atom. The van der Waals surface area contributed by atoms with Crippen LogP contribution in [0.4, 0.5) is 0 Å². The van der Waals surface area contributed by atoms with Crippen LogP contribution in [0.15, 0.2) is 24.3 Å². The lowest BCUT2D eigenvalue weighted by atomic mass is 10.2. The summed E-state index contributed by atoms with van der Waals surface area (Å²) in [5.74, 6) is 0.315. The van der Waals surface area contributed by atoms with Gasteiger partial charge in [0.25, 0.3) is 0 Å². The number of benzene rings is 1. The molecule has 1 rings (SSSR count). The maximum absolute atomic E-state index is 10.9. The molecule has 0 spiro atoms. The molecule has 0 aliphatic rings. The molecule has 0 radical (unpaired) electrons. The first-order valence-electron chi connectivity index (χ1n) is 6.07. The van der Waals surface area contributed by atoms with Crippen molar-refractivity contribution >= 4 is 23.1 Å². The van der Waals surface area contributed by atoms with Crippen molar-refractivity contribution in [1.82, 2.24) is 4.90 Å². The molecule has 0 saturated carbocycles. The van der Waals surface area contributed by atoms with Crippen LogP contribution in [-0.2, 0) is 4.79 Å². The average molecular weight is 281 g/mol. The van der Waals surface area contributed by atoms with E-state index in [2.05, 4.69) is 0 Å². The molecule has 0 bridgehead atoms. The summed E-state index contributed by atoms with van der Waals surface area (Å²) in [6, 6.07) is 7.35. The van der Waals surface area contributed by atoms with E-state index in [1.54, 1.807) is 0 Å². The van der Waals surface area contributed by atoms with E-state index in [9.17, 15) is 4.79 Å². The first-order valence-corrected chi connectivity index (χ1v) is 6.47. The van der Waals surface area contributed by atoms with Gasteiger partial charge in [0.1, 0.15) is 17.3 Å². The molecule has 4 N–H and O–H groups in total. The van der Waals surface area contributed by atoms with Crippen molar-refractivity contribution in [3.63, 3.8) is 0 Å². The molecule has 0 unspecified atom stereocenters. The summed E-state index contributed by atoms with van der Waals surface area (Å²) >= 11 is 4.96. The summed E-state index contributed by atoms with van der Waals surface area (Å²) in [5.41, 5.74) is 11.5. The van der Waals surface area contributed by atoms with E-state index < -0.39 is 0 Å². The Kier molecular flexibility index (Phi) is 6.24. The summed E-state index contributed by atoms with van der Waals surface area (Å²) < 4.78 is 5.65. The second-order valence-corrected chi connectivity index (χ2v) is 4.48. The molecule has 0 saturated heterocycles. The fourth-order valence-corrected chi connectivity index (χ4v) is 1.82. The third-order valence-electron chi connectivity index (χ3n) is 2.64. The molecule has 0 heterocycles. The van der Waals surface area contributed by atoms with Gasteiger partial charge in [0, 0.05) is 6.54 Å². The minimum Gasteiger partial charge on any atom is -0.492 e. The number of hydrogen-bond donors (Lipinski definition) is 2. The number of carbonyl (C=O) groups excluding carboxylic acids is 1. The van der Waals surface area contributed by atoms with Gasteiger partial charge >= 0.3 is 0 Å². The predicted octanol–water partition coefficient (Wildman–Crippen LogP) is 0.507. The fraction of sp³-hybridized carbons (Fsp3) is 0.385. The van der Waals surface area contributed by atoms with Crippen molar-refractivity contribution in [1.29, 1.82) is 0 Å². The van der Waals surface area contributed by atoms with Crippen LogP contribution >= 0.6 is 12.2 Å². The number of rotatable bonds is 8. The van der Waals surface area contributed by atoms with Gasteiger partial charge in [-0.05, 0) is 18.7 Å². The fourth-order valence-electron chi connectivity index (χ4n) is 1.65. The zero-order valence-electron chi connectivity index (χ0n) is 11.0. The van der Waals surface area contributed by atoms with Crippen LogP contribution in [0.1, 0.15) is 12.5 Å². The number of thiocarbonyl (C=S) groups is 1. The van der Waals surface area contributed by atoms with Crippen molar-refractivity contribution in [3.8, 4) is 5.75 Å². The lowest BCUT2D eigenvalue weighted by Crippen LogP contribution is -2.36. The number of nitrogens with two attached hydrogens (primary N) is 2. The zero-order chi connectivity index (χ0) is 14.3. The molecule has 0 atom stereocenters. The number of para-hydroxylation sites is 1. The number of amides is 1. The number of ether oxygens (including phenoxy) is 1. The minimum atomic E-state index is -0.342. The van der Waals surface area contributed by atoms with Crippen LogP contribution in [0, 0.1) is 0 Å². The lowest BCUT2D eigenvalue weighted by Gasteiger charge is -2.19. The molecule has 1 aromatic carbocycles. The quantitative estimate of drug-likeness (QED) is 0.678. The Balaban J connectivity index is 2.53. The van der Waals surface area contributed by atoms with Gasteiger partial charge in [0.05, 0.1) is 12.1 Å². The van der Waals surface area contributed by atoms with E-state index in [0.717, 1.165) is 12.1 Å². The highest BCUT2D eigenvalue weighted by atomic mass is 32.1. The standard InChI is InChI=1S/C13H19N3O2S/c1-2-16(9-12(14)17)7-8-18-11-6-4-3-5-10(11)13(15)19/h3-6H,2,7-9H2,1H3,(H2,14,17)(H2,15,19). The average Bonchev–Trinajstić information content (AvgIpc) is 2.37. The van der Waals surface area contributed by atoms with Gasteiger partial charge in [-0.1, -0.05) is 31.3 Å². The predicted molar refractivity (Wildman–Crippen MR) is 79.1 cm³/mol. The summed E-state index contributed by atoms with van der Waals surface area (Å²) in [6.45, 7) is 4.00. The number of carbonyl (C=O) groups is 1. The first-order chi connectivity index (χ1) is 9.04. The van der Waals surface area contributed by atoms with Gasteiger partial charge < -0.3 is 16.2 Å². The molecule has 104 valence electrons. The second-order valence-electron chi connectivity index (χ2n) is 4.04. The Morgan fingerprint density at radius 1 is 1.37 bits per heavy atom. The third kappa shape index (κ3) is 5.23. The van der Waals surface area contributed by atoms with E-state index in [1.165, 1.54) is 0 Å². The topological polar surface area (TPSA) is 81.6 Å². The molecule has 19 heavy (non-hydrogen) atoms. The normalized spacial score (nSPS) is 10.4. The first kappa shape index (κ1) is 15.4. The molecule has 6 heteroatoms. The highest BCUT2D eigenvalue weighted by Crippen LogP contribution is 2.17. The summed E-state index contributed by atoms with van der Waals surface area (Å²) in [7, 11) is 0. The molecular weight excluding hydrogens is 262 g/mol. The maximum atomic E-state index is 10.9. The number of likely N-dealkylation sites (N-methyl/N-ethyl adjacent to an activating group) is 1. The summed E-state index contributed by atoms with van der Waals surface area (Å²) in [4.78, 5) is 13.1. The third-order valence-corrected chi connectivity index (χ3v) is 2.86. The molecule has 0 aliphatic carbocycles. The van der Waals surface area contributed by atoms with Gasteiger partial charge in [-0.15, -0.1) is 0 Å². The SMILES string of the molecule is CCN(CCOc1ccccc1C(N)=S)CC(N)=O. The van der Waals surface area contributed by atoms with Crippen LogP contribution in [0.2, 0.25) is 0 Å². The van der Waals surface area contributed by atoms with Crippen LogP contribution in [0.5, 0.6) is 5.75 Å². The number of primary amides is 1. The van der Waals surface area contributed by atoms with E-state index in [-0.39, 0.29) is 12.5 Å². The Hall–Kier alpha value is -1.66. The smallest absolute Gasteiger partial charge is 0.231 e. The van der Waals surface area contributed by atoms with Gasteiger partial charge in [0.2, 0.25) is 5.91 Å². The van der Waals surface area contributed by atoms with Crippen LogP contribution in [0.25, 0.3) is 0 Å². The molecule has 5 nitrogen and oxygen atoms in total. The van der Waals surface area contributed by atoms with Crippen molar-refractivity contribution in [3.05, 3.63) is 29.8 Å². The molecular formula is C13H19N3O2S. The molecule has 1 amide bonds. The molecule has 1 aromatic rings. The summed E-state index contributed by atoms with van der Waals surface area (Å²) in [5, 5.41) is 0. The number of nitrogens with zero attached hydrogens (tertiary/aromatic N) is 1. The van der Waals surface area contributed by atoms with E-state index in [0.29, 0.717) is 23.9 Å². The van der Waals surface area contributed by atoms with Gasteiger partial charge in [-0.3, -0.25) is 9.69 Å². The number of hydrogen-bond acceptors (Lipinski definition) is 4. The molecule has 0 aromatic heterocycles. The van der Waals surface area contributed by atoms with E-state index in [1.807, 2.05) is 36.1 Å². The monoisotopic (exact) mass is 281 g/mol. The lowest BCUT2D eigenvalue weighted by molar-refractivity contribution is -0.119. The highest BCUT2D eigenvalue weighted by molar-refractivity contribution is 7.80. The Bertz CT molecular complexity index is 451. The molecule has 0 fully saturated rings. The molecule has 0 aliphatic heterocycles. The Labute approximate surface area is 118 Å². The summed E-state index contributed by atoms with van der Waals surface area (Å²) in [6.07, 6.45) is 0. The van der Waals surface area contributed by atoms with Gasteiger partial charge in [-0.25, -0.2) is 0 Å². The highest BCUT2D eigenvalue weighted by Gasteiger charge is 2.08. The van der Waals surface area contributed by atoms with Crippen LogP contribution < -0.4 is 16.2 Å². The Morgan fingerprint density at radius 2 is 2.05 bits per heavy atom. The minimum absolute atomic E-state index is 0.233. The van der Waals surface area contributed by atoms with E-state index >= 15 is 0 Å². The van der Waals surface area contributed by atoms with Crippen LogP contribution in [-0.4, -0.2) is 42.0 Å². The van der Waals surface area contributed by atoms with Crippen molar-refractivity contribution in [2.75, 3.05) is 26.2 Å². The largest absolute Gasteiger partial charge is 0.492 e. The van der Waals surface area contributed by atoms with Gasteiger partial charge in [-0.2, -0.15) is 0 Å². The van der Waals surface area contributed by atoms with Crippen LogP contribution in [0.3, 0.4) is 0 Å². The van der Waals surface area contributed by atoms with E-state index in [4.69, 9.17) is 28.4 Å². The van der Waals surface area contributed by atoms with Crippen molar-refractivity contribution in [2.45, 2.75) is 6.92 Å². The maximum Gasteiger partial charge on any atom is 0.231 e. The zero-order valence-corrected chi connectivity index (χ0v) is 11.8. The van der Waals surface area contributed by atoms with Crippen molar-refractivity contribution in [2.24, 2.45) is 11.5 Å². The van der Waals surface area contributed by atoms with Gasteiger partial charge in [0.15, 0.2) is 0 Å². The second kappa shape index (κ2) is 7.70. The van der Waals surface area contributed by atoms with Crippen molar-refractivity contribution < 1.29 is 9.53 Å².